The first-order valence-corrected chi connectivity index (χ1v) is 10.7. The van der Waals surface area contributed by atoms with Gasteiger partial charge in [0.15, 0.2) is 11.5 Å². The summed E-state index contributed by atoms with van der Waals surface area (Å²) in [5, 5.41) is 14.2. The fourth-order valence-electron chi connectivity index (χ4n) is 4.19. The van der Waals surface area contributed by atoms with Gasteiger partial charge >= 0.3 is 0 Å². The van der Waals surface area contributed by atoms with E-state index in [1.165, 1.54) is 0 Å². The van der Waals surface area contributed by atoms with Gasteiger partial charge in [0.2, 0.25) is 0 Å². The van der Waals surface area contributed by atoms with Gasteiger partial charge in [0.05, 0.1) is 23.0 Å². The summed E-state index contributed by atoms with van der Waals surface area (Å²) in [6, 6.07) is 22.8. The molecule has 4 heterocycles. The molecule has 2 aromatic carbocycles. The van der Waals surface area contributed by atoms with Crippen LogP contribution >= 0.6 is 0 Å². The van der Waals surface area contributed by atoms with Crippen LogP contribution in [-0.2, 0) is 13.6 Å². The molecule has 4 aromatic heterocycles. The maximum Gasteiger partial charge on any atom is 0.171 e. The molecule has 0 radical (unpaired) electrons. The van der Waals surface area contributed by atoms with Gasteiger partial charge in [0, 0.05) is 42.5 Å². The highest BCUT2D eigenvalue weighted by Gasteiger charge is 2.16. The van der Waals surface area contributed by atoms with Gasteiger partial charge in [-0.15, -0.1) is 10.2 Å². The van der Waals surface area contributed by atoms with Crippen molar-refractivity contribution in [2.75, 3.05) is 0 Å². The average molecular weight is 432 g/mol. The molecule has 2 N–H and O–H groups in total. The molecule has 7 nitrogen and oxygen atoms in total. The van der Waals surface area contributed by atoms with Crippen LogP contribution in [0, 0.1) is 0 Å². The van der Waals surface area contributed by atoms with Crippen LogP contribution in [0.25, 0.3) is 50.3 Å². The number of fused-ring (bicyclic) bond motifs is 3. The zero-order valence-electron chi connectivity index (χ0n) is 18.1. The first-order valence-electron chi connectivity index (χ1n) is 10.7. The van der Waals surface area contributed by atoms with Crippen molar-refractivity contribution in [2.45, 2.75) is 6.54 Å². The molecule has 0 saturated heterocycles. The lowest BCUT2D eigenvalue weighted by molar-refractivity contribution is 0.768. The molecule has 7 heteroatoms. The molecular weight excluding hydrogens is 410 g/mol. The molecule has 0 fully saturated rings. The Morgan fingerprint density at radius 2 is 1.70 bits per heavy atom. The lowest BCUT2D eigenvalue weighted by Gasteiger charge is -2.12. The van der Waals surface area contributed by atoms with E-state index in [1.54, 1.807) is 10.9 Å². The van der Waals surface area contributed by atoms with E-state index in [4.69, 9.17) is 10.7 Å². The highest BCUT2D eigenvalue weighted by atomic mass is 15.3. The minimum Gasteiger partial charge on any atom is -0.326 e. The topological polar surface area (TPSA) is 86.9 Å². The van der Waals surface area contributed by atoms with Gasteiger partial charge in [-0.2, -0.15) is 5.10 Å². The van der Waals surface area contributed by atoms with Gasteiger partial charge in [-0.3, -0.25) is 9.08 Å². The number of benzene rings is 2. The lowest BCUT2D eigenvalue weighted by Crippen LogP contribution is -1.97. The van der Waals surface area contributed by atoms with E-state index in [9.17, 15) is 0 Å². The lowest BCUT2D eigenvalue weighted by atomic mass is 9.97. The molecule has 0 atom stereocenters. The molecule has 33 heavy (non-hydrogen) atoms. The van der Waals surface area contributed by atoms with E-state index in [0.29, 0.717) is 6.54 Å². The summed E-state index contributed by atoms with van der Waals surface area (Å²) < 4.78 is 3.75. The van der Waals surface area contributed by atoms with Crippen LogP contribution in [0.3, 0.4) is 0 Å². The van der Waals surface area contributed by atoms with Crippen LogP contribution in [0.15, 0.2) is 85.3 Å². The van der Waals surface area contributed by atoms with Crippen LogP contribution in [0.1, 0.15) is 5.56 Å². The summed E-state index contributed by atoms with van der Waals surface area (Å²) in [5.41, 5.74) is 13.5. The Morgan fingerprint density at radius 1 is 0.879 bits per heavy atom. The van der Waals surface area contributed by atoms with Gasteiger partial charge in [-0.05, 0) is 23.3 Å². The van der Waals surface area contributed by atoms with E-state index in [0.717, 1.165) is 55.9 Å². The van der Waals surface area contributed by atoms with Gasteiger partial charge in [0.25, 0.3) is 0 Å². The number of aromatic nitrogens is 6. The number of aryl methyl sites for hydroxylation is 1. The summed E-state index contributed by atoms with van der Waals surface area (Å²) in [4.78, 5) is 5.08. The fourth-order valence-corrected chi connectivity index (χ4v) is 4.19. The van der Waals surface area contributed by atoms with Gasteiger partial charge in [0.1, 0.15) is 0 Å². The zero-order valence-corrected chi connectivity index (χ0v) is 18.1. The molecule has 6 aromatic rings. The van der Waals surface area contributed by atoms with Gasteiger partial charge in [-0.1, -0.05) is 54.6 Å². The monoisotopic (exact) mass is 431 g/mol. The Kier molecular flexibility index (Phi) is 4.48. The summed E-state index contributed by atoms with van der Waals surface area (Å²) in [6.07, 6.45) is 5.70. The highest BCUT2D eigenvalue weighted by molar-refractivity contribution is 5.98. The van der Waals surface area contributed by atoms with Crippen molar-refractivity contribution in [1.82, 2.24) is 29.4 Å². The normalized spacial score (nSPS) is 11.5. The van der Waals surface area contributed by atoms with Crippen molar-refractivity contribution in [1.29, 1.82) is 0 Å². The molecule has 0 saturated carbocycles. The van der Waals surface area contributed by atoms with Crippen molar-refractivity contribution >= 4 is 16.6 Å². The molecule has 0 amide bonds. The largest absolute Gasteiger partial charge is 0.326 e. The fraction of sp³-hybridized carbons (Fsp3) is 0.0769. The smallest absolute Gasteiger partial charge is 0.171 e. The maximum absolute atomic E-state index is 5.80. The minimum atomic E-state index is 0.515. The Hall–Kier alpha value is -4.36. The second-order valence-electron chi connectivity index (χ2n) is 8.02. The molecule has 0 aliphatic heterocycles. The molecular formula is C26H21N7. The highest BCUT2D eigenvalue weighted by Crippen LogP contribution is 2.35. The Balaban J connectivity index is 1.61. The average Bonchev–Trinajstić information content (AvgIpc) is 3.50. The molecule has 0 aliphatic rings. The van der Waals surface area contributed by atoms with Crippen molar-refractivity contribution in [2.24, 2.45) is 12.8 Å². The van der Waals surface area contributed by atoms with Crippen LogP contribution < -0.4 is 5.73 Å². The Morgan fingerprint density at radius 3 is 2.42 bits per heavy atom. The summed E-state index contributed by atoms with van der Waals surface area (Å²) >= 11 is 0. The Labute approximate surface area is 190 Å². The number of nitrogens with zero attached hydrogens (tertiary/aromatic N) is 6. The minimum absolute atomic E-state index is 0.515. The molecule has 0 bridgehead atoms. The summed E-state index contributed by atoms with van der Waals surface area (Å²) in [7, 11) is 1.89. The third-order valence-electron chi connectivity index (χ3n) is 5.88. The Bertz CT molecular complexity index is 1600. The van der Waals surface area contributed by atoms with Crippen molar-refractivity contribution in [3.05, 3.63) is 90.9 Å². The predicted octanol–water partition coefficient (Wildman–Crippen LogP) is 4.47. The van der Waals surface area contributed by atoms with Crippen LogP contribution in [0.4, 0.5) is 0 Å². The summed E-state index contributed by atoms with van der Waals surface area (Å²) in [6.45, 7) is 0.515. The van der Waals surface area contributed by atoms with Crippen molar-refractivity contribution in [3.63, 3.8) is 0 Å². The summed E-state index contributed by atoms with van der Waals surface area (Å²) in [5.74, 6) is 0.753. The standard InChI is InChI=1S/C26H21N7/c1-32-16-20(15-28-32)25-30-31-26-22-13-21(18-5-3-2-4-6-18)24(29-23(22)11-12-33(25)26)19-9-7-17(14-27)8-10-19/h2-13,15-16H,14,27H2,1H3. The number of pyridine rings is 2. The number of nitrogens with two attached hydrogens (primary N) is 1. The number of hydrogen-bond acceptors (Lipinski definition) is 5. The third-order valence-corrected chi connectivity index (χ3v) is 5.88. The van der Waals surface area contributed by atoms with E-state index < -0.39 is 0 Å². The zero-order chi connectivity index (χ0) is 22.4. The SMILES string of the molecule is Cn1cc(-c2nnc3c4cc(-c5ccccc5)c(-c5ccc(CN)cc5)nc4ccn23)cn1. The van der Waals surface area contributed by atoms with Crippen LogP contribution in [0.5, 0.6) is 0 Å². The third kappa shape index (κ3) is 3.26. The van der Waals surface area contributed by atoms with E-state index in [1.807, 2.05) is 48.1 Å². The van der Waals surface area contributed by atoms with Crippen molar-refractivity contribution < 1.29 is 0 Å². The molecule has 0 unspecified atom stereocenters. The van der Waals surface area contributed by atoms with Crippen LogP contribution in [0.2, 0.25) is 0 Å². The molecule has 0 spiro atoms. The number of rotatable bonds is 4. The van der Waals surface area contributed by atoms with Crippen molar-refractivity contribution in [3.8, 4) is 33.8 Å². The van der Waals surface area contributed by atoms with Gasteiger partial charge in [-0.25, -0.2) is 4.98 Å². The molecule has 160 valence electrons. The predicted molar refractivity (Wildman–Crippen MR) is 129 cm³/mol. The van der Waals surface area contributed by atoms with Crippen LogP contribution in [-0.4, -0.2) is 29.4 Å². The number of hydrogen-bond donors (Lipinski definition) is 1. The first-order chi connectivity index (χ1) is 16.2. The van der Waals surface area contributed by atoms with E-state index in [-0.39, 0.29) is 0 Å². The first kappa shape index (κ1) is 19.3. The quantitative estimate of drug-likeness (QED) is 0.445. The molecule has 0 aliphatic carbocycles. The van der Waals surface area contributed by atoms with E-state index >= 15 is 0 Å². The van der Waals surface area contributed by atoms with Gasteiger partial charge < -0.3 is 5.73 Å². The second kappa shape index (κ2) is 7.65. The maximum atomic E-state index is 5.80. The molecule has 6 rings (SSSR count). The van der Waals surface area contributed by atoms with E-state index in [2.05, 4.69) is 57.8 Å². The second-order valence-corrected chi connectivity index (χ2v) is 8.02.